The van der Waals surface area contributed by atoms with Crippen molar-refractivity contribution in [1.29, 1.82) is 0 Å². The largest absolute Gasteiger partial charge is 0.363 e. The van der Waals surface area contributed by atoms with Crippen LogP contribution in [0.25, 0.3) is 32.9 Å². The molecule has 52 heavy (non-hydrogen) atoms. The zero-order valence-corrected chi connectivity index (χ0v) is 31.0. The number of thiocarbonyl (C=S) groups is 3. The molecule has 3 aromatic carbocycles. The number of fused-ring (bicyclic) bond motifs is 3. The minimum atomic E-state index is -0.438. The van der Waals surface area contributed by atoms with Crippen LogP contribution in [0.15, 0.2) is 68.2 Å². The van der Waals surface area contributed by atoms with E-state index in [2.05, 4.69) is 54.3 Å². The first-order chi connectivity index (χ1) is 25.2. The van der Waals surface area contributed by atoms with Gasteiger partial charge < -0.3 is 45.5 Å². The monoisotopic (exact) mass is 773 g/mol. The van der Waals surface area contributed by atoms with E-state index in [1.54, 1.807) is 36.4 Å². The molecule has 3 heterocycles. The highest BCUT2D eigenvalue weighted by Crippen LogP contribution is 2.26. The first-order valence-electron chi connectivity index (χ1n) is 16.4. The van der Waals surface area contributed by atoms with Crippen LogP contribution in [-0.2, 0) is 0 Å². The average Bonchev–Trinajstić information content (AvgIpc) is 3.86. The summed E-state index contributed by atoms with van der Waals surface area (Å²) < 4.78 is 54.8. The van der Waals surface area contributed by atoms with Crippen LogP contribution >= 0.6 is 36.7 Å². The number of para-hydroxylation sites is 3. The minimum absolute atomic E-state index is 0.129. The fraction of sp³-hybridized carbons (Fsp3) is 0.294. The Morgan fingerprint density at radius 3 is 1.29 bits per heavy atom. The van der Waals surface area contributed by atoms with E-state index in [9.17, 15) is 13.2 Å². The van der Waals surface area contributed by atoms with Gasteiger partial charge in [-0.1, -0.05) is 60.4 Å². The van der Waals surface area contributed by atoms with E-state index >= 15 is 0 Å². The maximum atomic E-state index is 13.4. The number of hydrogen-bond acceptors (Lipinski definition) is 9. The highest BCUT2D eigenvalue weighted by Gasteiger charge is 2.14. The van der Waals surface area contributed by atoms with Crippen LogP contribution < -0.4 is 31.9 Å². The van der Waals surface area contributed by atoms with Crippen molar-refractivity contribution in [2.75, 3.05) is 35.6 Å². The van der Waals surface area contributed by atoms with Crippen LogP contribution in [0.2, 0.25) is 0 Å². The number of unbranched alkanes of at least 4 members (excludes halogenated alkanes) is 2. The second-order valence-corrected chi connectivity index (χ2v) is 12.1. The van der Waals surface area contributed by atoms with E-state index in [-0.39, 0.29) is 16.7 Å². The Balaban J connectivity index is 0.000000175. The maximum absolute atomic E-state index is 13.4. The number of nitrogens with one attached hydrogen (secondary N) is 6. The summed E-state index contributed by atoms with van der Waals surface area (Å²) in [4.78, 5) is 0. The maximum Gasteiger partial charge on any atom is 0.204 e. The van der Waals surface area contributed by atoms with E-state index < -0.39 is 17.5 Å². The topological polar surface area (TPSA) is 150 Å². The summed E-state index contributed by atoms with van der Waals surface area (Å²) in [5.41, 5.74) is 0.399. The lowest BCUT2D eigenvalue weighted by atomic mass is 10.2. The molecule has 0 aliphatic rings. The van der Waals surface area contributed by atoms with E-state index in [4.69, 9.17) is 50.2 Å². The Morgan fingerprint density at radius 1 is 0.538 bits per heavy atom. The smallest absolute Gasteiger partial charge is 0.204 e. The molecular weight excluding hydrogens is 736 g/mol. The molecule has 0 bridgehead atoms. The van der Waals surface area contributed by atoms with Crippen molar-refractivity contribution in [2.45, 2.75) is 46.5 Å². The zero-order valence-electron chi connectivity index (χ0n) is 28.6. The van der Waals surface area contributed by atoms with Gasteiger partial charge in [0.25, 0.3) is 0 Å². The summed E-state index contributed by atoms with van der Waals surface area (Å²) in [6.45, 7) is 8.40. The molecule has 6 aromatic rings. The van der Waals surface area contributed by atoms with E-state index in [0.29, 0.717) is 55.5 Å². The highest BCUT2D eigenvalue weighted by molar-refractivity contribution is 7.80. The van der Waals surface area contributed by atoms with Crippen molar-refractivity contribution in [2.24, 2.45) is 0 Å². The first kappa shape index (κ1) is 39.7. The van der Waals surface area contributed by atoms with Gasteiger partial charge in [-0.3, -0.25) is 0 Å². The van der Waals surface area contributed by atoms with Crippen molar-refractivity contribution in [3.63, 3.8) is 0 Å². The van der Waals surface area contributed by atoms with Crippen molar-refractivity contribution in [1.82, 2.24) is 31.4 Å². The Hall–Kier alpha value is -5.07. The molecular formula is C34H38F3N9O3S3. The molecule has 18 heteroatoms. The number of rotatable bonds is 10. The SMILES string of the molecule is CCCCCNC(=S)Nc1noc2c(F)cccc12.CCCNC(=S)Nc1noc2c(F)cccc12.CCNC(=S)Nc1noc2c(F)cccc12. The highest BCUT2D eigenvalue weighted by atomic mass is 32.1. The molecule has 12 nitrogen and oxygen atoms in total. The van der Waals surface area contributed by atoms with Crippen LogP contribution in [0.4, 0.5) is 30.6 Å². The minimum Gasteiger partial charge on any atom is -0.363 e. The fourth-order valence-electron chi connectivity index (χ4n) is 4.49. The van der Waals surface area contributed by atoms with Crippen molar-refractivity contribution in [3.05, 3.63) is 72.0 Å². The quantitative estimate of drug-likeness (QED) is 0.0584. The lowest BCUT2D eigenvalue weighted by Gasteiger charge is -2.07. The molecule has 0 unspecified atom stereocenters. The summed E-state index contributed by atoms with van der Waals surface area (Å²) in [5.74, 6) is -0.0289. The molecule has 276 valence electrons. The number of anilines is 3. The Labute approximate surface area is 313 Å². The summed E-state index contributed by atoms with van der Waals surface area (Å²) >= 11 is 15.2. The predicted molar refractivity (Wildman–Crippen MR) is 210 cm³/mol. The molecule has 0 radical (unpaired) electrons. The van der Waals surface area contributed by atoms with Crippen LogP contribution in [0.5, 0.6) is 0 Å². The number of aromatic nitrogens is 3. The predicted octanol–water partition coefficient (Wildman–Crippen LogP) is 8.38. The van der Waals surface area contributed by atoms with Crippen LogP contribution in [-0.4, -0.2) is 50.4 Å². The normalized spacial score (nSPS) is 10.5. The third-order valence-corrected chi connectivity index (χ3v) is 7.72. The summed E-state index contributed by atoms with van der Waals surface area (Å²) in [6.07, 6.45) is 4.35. The number of benzene rings is 3. The molecule has 0 saturated heterocycles. The van der Waals surface area contributed by atoms with Gasteiger partial charge in [0, 0.05) is 19.6 Å². The molecule has 0 atom stereocenters. The first-order valence-corrected chi connectivity index (χ1v) is 17.6. The van der Waals surface area contributed by atoms with Gasteiger partial charge in [0.1, 0.15) is 0 Å². The third kappa shape index (κ3) is 11.0. The molecule has 0 aliphatic carbocycles. The fourth-order valence-corrected chi connectivity index (χ4v) is 5.13. The van der Waals surface area contributed by atoms with Gasteiger partial charge >= 0.3 is 0 Å². The van der Waals surface area contributed by atoms with Gasteiger partial charge in [0.15, 0.2) is 50.2 Å². The number of hydrogen-bond donors (Lipinski definition) is 6. The van der Waals surface area contributed by atoms with Gasteiger partial charge in [0.2, 0.25) is 16.7 Å². The van der Waals surface area contributed by atoms with Gasteiger partial charge in [-0.15, -0.1) is 0 Å². The van der Waals surface area contributed by atoms with Crippen LogP contribution in [0.1, 0.15) is 46.5 Å². The van der Waals surface area contributed by atoms with Crippen LogP contribution in [0.3, 0.4) is 0 Å². The Kier molecular flexibility index (Phi) is 15.3. The molecule has 3 aromatic heterocycles. The number of nitrogens with zero attached hydrogens (tertiary/aromatic N) is 3. The molecule has 0 aliphatic heterocycles. The van der Waals surface area contributed by atoms with Crippen molar-refractivity contribution >= 4 is 102 Å². The van der Waals surface area contributed by atoms with Gasteiger partial charge in [-0.05, 0) is 92.8 Å². The average molecular weight is 774 g/mol. The lowest BCUT2D eigenvalue weighted by molar-refractivity contribution is 0.443. The van der Waals surface area contributed by atoms with Crippen LogP contribution in [0, 0.1) is 17.5 Å². The van der Waals surface area contributed by atoms with Crippen molar-refractivity contribution < 1.29 is 26.7 Å². The van der Waals surface area contributed by atoms with Gasteiger partial charge in [-0.2, -0.15) is 0 Å². The Morgan fingerprint density at radius 2 is 0.923 bits per heavy atom. The number of halogens is 3. The van der Waals surface area contributed by atoms with E-state index in [1.165, 1.54) is 18.2 Å². The Bertz CT molecular complexity index is 2110. The van der Waals surface area contributed by atoms with Gasteiger partial charge in [-0.25, -0.2) is 13.2 Å². The molecule has 0 saturated carbocycles. The third-order valence-electron chi connectivity index (χ3n) is 6.99. The second kappa shape index (κ2) is 20.1. The van der Waals surface area contributed by atoms with Crippen molar-refractivity contribution in [3.8, 4) is 0 Å². The molecule has 6 rings (SSSR count). The summed E-state index contributed by atoms with van der Waals surface area (Å²) in [5, 5.41) is 32.0. The van der Waals surface area contributed by atoms with E-state index in [1.807, 2.05) is 13.8 Å². The zero-order chi connectivity index (χ0) is 37.5. The van der Waals surface area contributed by atoms with Gasteiger partial charge in [0.05, 0.1) is 16.2 Å². The second-order valence-electron chi connectivity index (χ2n) is 10.9. The molecule has 0 fully saturated rings. The van der Waals surface area contributed by atoms with E-state index in [0.717, 1.165) is 38.8 Å². The lowest BCUT2D eigenvalue weighted by Crippen LogP contribution is -2.29. The standard InChI is InChI=1S/C13H16FN3OS.C11H12FN3OS.C10H10FN3OS/c1-2-3-4-8-15-13(19)16-12-9-6-5-7-10(14)11(9)18-17-12;1-2-6-13-11(17)14-10-7-4-3-5-8(12)9(7)16-15-10;1-2-12-10(16)13-9-6-4-3-5-7(11)8(6)15-14-9/h5-7H,2-4,8H2,1H3,(H2,15,16,17,19);3-5H,2,6H2,1H3,(H2,13,14,15,17);3-5H,2H2,1H3,(H2,12,13,14,16). The molecule has 0 amide bonds. The summed E-state index contributed by atoms with van der Waals surface area (Å²) in [7, 11) is 0. The summed E-state index contributed by atoms with van der Waals surface area (Å²) in [6, 6.07) is 13.9. The molecule has 6 N–H and O–H groups in total. The molecule has 0 spiro atoms.